The summed E-state index contributed by atoms with van der Waals surface area (Å²) in [7, 11) is 0. The first-order valence-electron chi connectivity index (χ1n) is 5.77. The van der Waals surface area contributed by atoms with Crippen LogP contribution >= 0.6 is 0 Å². The van der Waals surface area contributed by atoms with Crippen molar-refractivity contribution in [1.82, 2.24) is 0 Å². The highest BCUT2D eigenvalue weighted by Crippen LogP contribution is 2.43. The summed E-state index contributed by atoms with van der Waals surface area (Å²) in [6.07, 6.45) is 10.4. The van der Waals surface area contributed by atoms with Gasteiger partial charge in [0.05, 0.1) is 0 Å². The first kappa shape index (κ1) is 10.8. The Morgan fingerprint density at radius 3 is 2.15 bits per heavy atom. The Balaban J connectivity index is 2.86. The Hall–Kier alpha value is -0.260. The van der Waals surface area contributed by atoms with Gasteiger partial charge in [-0.05, 0) is 36.5 Å². The molecule has 0 aromatic rings. The first-order valence-corrected chi connectivity index (χ1v) is 5.77. The smallest absolute Gasteiger partial charge is 0.00723 e. The molecule has 0 saturated heterocycles. The van der Waals surface area contributed by atoms with Crippen molar-refractivity contribution in [3.8, 4) is 0 Å². The van der Waals surface area contributed by atoms with Crippen LogP contribution in [0.3, 0.4) is 0 Å². The fourth-order valence-electron chi connectivity index (χ4n) is 2.71. The lowest BCUT2D eigenvalue weighted by Crippen LogP contribution is -2.30. The van der Waals surface area contributed by atoms with Crippen LogP contribution in [0, 0.1) is 17.3 Å². The van der Waals surface area contributed by atoms with Gasteiger partial charge in [0.2, 0.25) is 0 Å². The normalized spacial score (nSPS) is 22.3. The summed E-state index contributed by atoms with van der Waals surface area (Å²) in [6.45, 7) is 9.48. The second kappa shape index (κ2) is 4.30. The molecule has 0 nitrogen and oxygen atoms in total. The number of rotatable bonds is 2. The second-order valence-corrected chi connectivity index (χ2v) is 5.07. The average molecular weight is 180 g/mol. The lowest BCUT2D eigenvalue weighted by atomic mass is 9.66. The molecule has 0 unspecified atom stereocenters. The van der Waals surface area contributed by atoms with E-state index in [1.165, 1.54) is 25.7 Å². The van der Waals surface area contributed by atoms with Crippen LogP contribution in [0.15, 0.2) is 12.2 Å². The van der Waals surface area contributed by atoms with E-state index in [1.54, 1.807) is 0 Å². The number of hydrogen-bond donors (Lipinski definition) is 0. The zero-order chi connectivity index (χ0) is 9.90. The summed E-state index contributed by atoms with van der Waals surface area (Å²) in [4.78, 5) is 0. The van der Waals surface area contributed by atoms with E-state index in [0.29, 0.717) is 5.41 Å². The third-order valence-corrected chi connectivity index (χ3v) is 3.81. The van der Waals surface area contributed by atoms with E-state index in [4.69, 9.17) is 0 Å². The van der Waals surface area contributed by atoms with Gasteiger partial charge in [0, 0.05) is 0 Å². The van der Waals surface area contributed by atoms with Crippen LogP contribution in [0.25, 0.3) is 0 Å². The topological polar surface area (TPSA) is 0 Å². The molecule has 0 N–H and O–H groups in total. The van der Waals surface area contributed by atoms with Gasteiger partial charge in [-0.1, -0.05) is 46.3 Å². The Bertz CT molecular complexity index is 166. The van der Waals surface area contributed by atoms with Crippen LogP contribution in [-0.2, 0) is 0 Å². The van der Waals surface area contributed by atoms with E-state index in [9.17, 15) is 0 Å². The van der Waals surface area contributed by atoms with Gasteiger partial charge in [-0.15, -0.1) is 0 Å². The van der Waals surface area contributed by atoms with Crippen LogP contribution in [-0.4, -0.2) is 0 Å². The number of hydrogen-bond acceptors (Lipinski definition) is 0. The molecule has 0 amide bonds. The largest absolute Gasteiger partial charge is 0.0880 e. The van der Waals surface area contributed by atoms with Crippen molar-refractivity contribution in [3.63, 3.8) is 0 Å². The predicted octanol–water partition coefficient (Wildman–Crippen LogP) is 4.42. The molecule has 0 saturated carbocycles. The summed E-state index contributed by atoms with van der Waals surface area (Å²) >= 11 is 0. The van der Waals surface area contributed by atoms with Crippen LogP contribution in [0.5, 0.6) is 0 Å². The van der Waals surface area contributed by atoms with E-state index in [-0.39, 0.29) is 0 Å². The van der Waals surface area contributed by atoms with Crippen LogP contribution in [0.4, 0.5) is 0 Å². The minimum Gasteiger partial charge on any atom is -0.0880 e. The molecule has 1 rings (SSSR count). The predicted molar refractivity (Wildman–Crippen MR) is 59.7 cm³/mol. The summed E-state index contributed by atoms with van der Waals surface area (Å²) in [5.41, 5.74) is 0.483. The number of allylic oxidation sites excluding steroid dienone is 2. The summed E-state index contributed by atoms with van der Waals surface area (Å²) < 4.78 is 0. The minimum atomic E-state index is 0.483. The third kappa shape index (κ3) is 2.15. The maximum atomic E-state index is 2.51. The van der Waals surface area contributed by atoms with Crippen molar-refractivity contribution in [3.05, 3.63) is 12.2 Å². The Kier molecular flexibility index (Phi) is 3.58. The molecule has 0 spiro atoms. The van der Waals surface area contributed by atoms with Crippen molar-refractivity contribution >= 4 is 0 Å². The van der Waals surface area contributed by atoms with Crippen molar-refractivity contribution in [2.45, 2.75) is 53.4 Å². The van der Waals surface area contributed by atoms with Crippen LogP contribution in [0.1, 0.15) is 53.4 Å². The van der Waals surface area contributed by atoms with Crippen molar-refractivity contribution in [1.29, 1.82) is 0 Å². The maximum Gasteiger partial charge on any atom is -0.00723 e. The molecule has 0 fully saturated rings. The van der Waals surface area contributed by atoms with Gasteiger partial charge in [0.15, 0.2) is 0 Å². The van der Waals surface area contributed by atoms with Crippen LogP contribution in [0.2, 0.25) is 0 Å². The average Bonchev–Trinajstić information content (AvgIpc) is 2.28. The van der Waals surface area contributed by atoms with Gasteiger partial charge >= 0.3 is 0 Å². The van der Waals surface area contributed by atoms with Gasteiger partial charge in [-0.2, -0.15) is 0 Å². The second-order valence-electron chi connectivity index (χ2n) is 5.07. The minimum absolute atomic E-state index is 0.483. The quantitative estimate of drug-likeness (QED) is 0.552. The molecule has 0 heterocycles. The molecule has 0 bridgehead atoms. The Morgan fingerprint density at radius 2 is 1.62 bits per heavy atom. The van der Waals surface area contributed by atoms with Gasteiger partial charge in [-0.25, -0.2) is 0 Å². The van der Waals surface area contributed by atoms with Gasteiger partial charge in [0.1, 0.15) is 0 Å². The van der Waals surface area contributed by atoms with E-state index in [1.807, 2.05) is 0 Å². The highest BCUT2D eigenvalue weighted by atomic mass is 14.4. The van der Waals surface area contributed by atoms with E-state index >= 15 is 0 Å². The van der Waals surface area contributed by atoms with Gasteiger partial charge in [-0.3, -0.25) is 0 Å². The lowest BCUT2D eigenvalue weighted by molar-refractivity contribution is 0.162. The van der Waals surface area contributed by atoms with Crippen molar-refractivity contribution < 1.29 is 0 Å². The molecule has 0 heteroatoms. The fraction of sp³-hybridized carbons (Fsp3) is 0.846. The molecular weight excluding hydrogens is 156 g/mol. The zero-order valence-electron chi connectivity index (χ0n) is 9.64. The molecule has 0 aromatic heterocycles. The molecular formula is C13H24. The molecule has 0 atom stereocenters. The van der Waals surface area contributed by atoms with Gasteiger partial charge in [0.25, 0.3) is 0 Å². The standard InChI is InChI=1S/C13H24/c1-11(2)13(12(3)4)9-7-5-6-8-10-13/h7,9,11-12H,5-6,8,10H2,1-4H3. The summed E-state index contributed by atoms with van der Waals surface area (Å²) in [6, 6.07) is 0. The highest BCUT2D eigenvalue weighted by Gasteiger charge is 2.34. The van der Waals surface area contributed by atoms with Crippen LogP contribution < -0.4 is 0 Å². The maximum absolute atomic E-state index is 2.51. The molecule has 0 radical (unpaired) electrons. The Labute approximate surface area is 83.4 Å². The molecule has 0 aromatic carbocycles. The summed E-state index contributed by atoms with van der Waals surface area (Å²) in [5.74, 6) is 1.56. The fourth-order valence-corrected chi connectivity index (χ4v) is 2.71. The van der Waals surface area contributed by atoms with E-state index in [2.05, 4.69) is 39.8 Å². The highest BCUT2D eigenvalue weighted by molar-refractivity contribution is 5.05. The lowest BCUT2D eigenvalue weighted by Gasteiger charge is -2.38. The summed E-state index contributed by atoms with van der Waals surface area (Å²) in [5, 5.41) is 0. The third-order valence-electron chi connectivity index (χ3n) is 3.81. The zero-order valence-corrected chi connectivity index (χ0v) is 9.64. The Morgan fingerprint density at radius 1 is 1.00 bits per heavy atom. The molecule has 13 heavy (non-hydrogen) atoms. The van der Waals surface area contributed by atoms with Crippen molar-refractivity contribution in [2.75, 3.05) is 0 Å². The van der Waals surface area contributed by atoms with Gasteiger partial charge < -0.3 is 0 Å². The first-order chi connectivity index (χ1) is 6.09. The molecule has 0 aliphatic heterocycles. The van der Waals surface area contributed by atoms with Crippen molar-refractivity contribution in [2.24, 2.45) is 17.3 Å². The molecule has 1 aliphatic carbocycles. The monoisotopic (exact) mass is 180 g/mol. The van der Waals surface area contributed by atoms with E-state index in [0.717, 1.165) is 11.8 Å². The molecule has 1 aliphatic rings. The molecule has 76 valence electrons. The SMILES string of the molecule is CC(C)C1(C(C)C)C=CCCCC1. The van der Waals surface area contributed by atoms with E-state index < -0.39 is 0 Å².